The third-order valence-electron chi connectivity index (χ3n) is 6.18. The molecule has 5 saturated carbocycles. The molecule has 0 saturated heterocycles. The van der Waals surface area contributed by atoms with Crippen molar-refractivity contribution in [3.8, 4) is 0 Å². The van der Waals surface area contributed by atoms with Crippen LogP contribution in [0.4, 0.5) is 0 Å². The maximum absolute atomic E-state index is 6.76. The lowest BCUT2D eigenvalue weighted by molar-refractivity contribution is -0.128. The fourth-order valence-electron chi connectivity index (χ4n) is 5.79. The standard InChI is InChI=1S/C16H25ClO/c17-15(18-14-3-1-2-4-14)16-8-11-5-12(9-16)7-13(6-11)10-16/h11-15H,1-10H2. The molecule has 0 aliphatic heterocycles. The quantitative estimate of drug-likeness (QED) is 0.673. The van der Waals surface area contributed by atoms with Crippen LogP contribution < -0.4 is 0 Å². The van der Waals surface area contributed by atoms with Crippen molar-refractivity contribution in [3.05, 3.63) is 0 Å². The van der Waals surface area contributed by atoms with E-state index in [1.165, 1.54) is 64.2 Å². The van der Waals surface area contributed by atoms with Crippen molar-refractivity contribution in [1.29, 1.82) is 0 Å². The van der Waals surface area contributed by atoms with Gasteiger partial charge in [0.1, 0.15) is 5.56 Å². The van der Waals surface area contributed by atoms with Crippen LogP contribution in [0.1, 0.15) is 64.2 Å². The zero-order valence-electron chi connectivity index (χ0n) is 11.2. The van der Waals surface area contributed by atoms with Crippen molar-refractivity contribution >= 4 is 11.6 Å². The van der Waals surface area contributed by atoms with Crippen LogP contribution in [0, 0.1) is 23.2 Å². The largest absolute Gasteiger partial charge is 0.359 e. The van der Waals surface area contributed by atoms with Gasteiger partial charge >= 0.3 is 0 Å². The Morgan fingerprint density at radius 3 is 1.89 bits per heavy atom. The highest BCUT2D eigenvalue weighted by atomic mass is 35.5. The van der Waals surface area contributed by atoms with Crippen molar-refractivity contribution in [2.45, 2.75) is 75.9 Å². The third-order valence-corrected chi connectivity index (χ3v) is 6.75. The van der Waals surface area contributed by atoms with Gasteiger partial charge in [-0.2, -0.15) is 0 Å². The van der Waals surface area contributed by atoms with Crippen molar-refractivity contribution in [3.63, 3.8) is 0 Å². The Hall–Kier alpha value is 0.250. The van der Waals surface area contributed by atoms with E-state index in [0.29, 0.717) is 11.5 Å². The highest BCUT2D eigenvalue weighted by Crippen LogP contribution is 2.62. The maximum Gasteiger partial charge on any atom is 0.137 e. The first-order chi connectivity index (χ1) is 8.73. The summed E-state index contributed by atoms with van der Waals surface area (Å²) in [5, 5.41) is 0. The molecule has 0 aromatic carbocycles. The van der Waals surface area contributed by atoms with E-state index in [4.69, 9.17) is 16.3 Å². The summed E-state index contributed by atoms with van der Waals surface area (Å²) in [6, 6.07) is 0. The van der Waals surface area contributed by atoms with E-state index in [2.05, 4.69) is 0 Å². The molecule has 0 radical (unpaired) electrons. The summed E-state index contributed by atoms with van der Waals surface area (Å²) >= 11 is 6.76. The minimum absolute atomic E-state index is 0.00833. The van der Waals surface area contributed by atoms with Crippen molar-refractivity contribution in [2.24, 2.45) is 23.2 Å². The molecule has 0 aromatic heterocycles. The molecule has 0 N–H and O–H groups in total. The molecule has 5 fully saturated rings. The Bertz CT molecular complexity index is 286. The molecule has 18 heavy (non-hydrogen) atoms. The summed E-state index contributed by atoms with van der Waals surface area (Å²) in [5.74, 6) is 2.93. The Balaban J connectivity index is 1.48. The van der Waals surface area contributed by atoms with Crippen molar-refractivity contribution in [2.75, 3.05) is 0 Å². The van der Waals surface area contributed by atoms with Gasteiger partial charge in [-0.1, -0.05) is 24.4 Å². The van der Waals surface area contributed by atoms with Gasteiger partial charge in [-0.05, 0) is 69.1 Å². The van der Waals surface area contributed by atoms with Crippen LogP contribution in [0.25, 0.3) is 0 Å². The van der Waals surface area contributed by atoms with E-state index in [-0.39, 0.29) is 5.56 Å². The summed E-state index contributed by atoms with van der Waals surface area (Å²) in [6.45, 7) is 0. The summed E-state index contributed by atoms with van der Waals surface area (Å²) in [7, 11) is 0. The maximum atomic E-state index is 6.76. The zero-order valence-corrected chi connectivity index (χ0v) is 12.0. The molecule has 0 aromatic rings. The van der Waals surface area contributed by atoms with Gasteiger partial charge in [0, 0.05) is 5.41 Å². The van der Waals surface area contributed by atoms with E-state index in [9.17, 15) is 0 Å². The molecule has 2 heteroatoms. The molecule has 4 bridgehead atoms. The smallest absolute Gasteiger partial charge is 0.137 e. The normalized spacial score (nSPS) is 48.8. The SMILES string of the molecule is ClC(OC1CCCC1)C12CC3CC(CC(C3)C1)C2. The summed E-state index contributed by atoms with van der Waals surface area (Å²) in [6.07, 6.45) is 14.2. The van der Waals surface area contributed by atoms with Crippen LogP contribution in [-0.2, 0) is 4.74 Å². The first-order valence-electron chi connectivity index (χ1n) is 8.03. The molecule has 1 atom stereocenters. The minimum atomic E-state index is 0.00833. The van der Waals surface area contributed by atoms with Crippen molar-refractivity contribution in [1.82, 2.24) is 0 Å². The first kappa shape index (κ1) is 12.0. The number of hydrogen-bond donors (Lipinski definition) is 0. The summed E-state index contributed by atoms with van der Waals surface area (Å²) < 4.78 is 6.26. The van der Waals surface area contributed by atoms with E-state index in [1.54, 1.807) is 0 Å². The summed E-state index contributed by atoms with van der Waals surface area (Å²) in [4.78, 5) is 0. The van der Waals surface area contributed by atoms with Gasteiger partial charge < -0.3 is 4.74 Å². The number of halogens is 1. The molecular formula is C16H25ClO. The molecular weight excluding hydrogens is 244 g/mol. The lowest BCUT2D eigenvalue weighted by Gasteiger charge is -2.58. The van der Waals surface area contributed by atoms with E-state index in [1.807, 2.05) is 0 Å². The van der Waals surface area contributed by atoms with Crippen molar-refractivity contribution < 1.29 is 4.74 Å². The molecule has 0 spiro atoms. The molecule has 1 unspecified atom stereocenters. The number of alkyl halides is 1. The van der Waals surface area contributed by atoms with Gasteiger partial charge in [0.15, 0.2) is 0 Å². The van der Waals surface area contributed by atoms with Crippen LogP contribution in [0.2, 0.25) is 0 Å². The summed E-state index contributed by atoms with van der Waals surface area (Å²) in [5.41, 5.74) is 0.368. The molecule has 5 aliphatic carbocycles. The van der Waals surface area contributed by atoms with Crippen LogP contribution in [0.5, 0.6) is 0 Å². The molecule has 0 amide bonds. The first-order valence-corrected chi connectivity index (χ1v) is 8.47. The Labute approximate surface area is 116 Å². The molecule has 102 valence electrons. The Morgan fingerprint density at radius 1 is 0.889 bits per heavy atom. The van der Waals surface area contributed by atoms with Crippen LogP contribution in [0.15, 0.2) is 0 Å². The van der Waals surface area contributed by atoms with Crippen LogP contribution in [-0.4, -0.2) is 11.7 Å². The predicted molar refractivity (Wildman–Crippen MR) is 73.6 cm³/mol. The number of rotatable bonds is 3. The lowest BCUT2D eigenvalue weighted by Crippen LogP contribution is -2.51. The second-order valence-electron chi connectivity index (χ2n) is 7.64. The van der Waals surface area contributed by atoms with Crippen LogP contribution in [0.3, 0.4) is 0 Å². The predicted octanol–water partition coefficient (Wildman–Crippen LogP) is 4.73. The molecule has 5 rings (SSSR count). The molecule has 1 nitrogen and oxygen atoms in total. The van der Waals surface area contributed by atoms with Crippen LogP contribution >= 0.6 is 11.6 Å². The van der Waals surface area contributed by atoms with E-state index < -0.39 is 0 Å². The highest BCUT2D eigenvalue weighted by molar-refractivity contribution is 6.20. The average Bonchev–Trinajstić information content (AvgIpc) is 2.79. The fraction of sp³-hybridized carbons (Fsp3) is 1.00. The van der Waals surface area contributed by atoms with E-state index in [0.717, 1.165) is 17.8 Å². The topological polar surface area (TPSA) is 9.23 Å². The number of hydrogen-bond acceptors (Lipinski definition) is 1. The third kappa shape index (κ3) is 1.93. The Morgan fingerprint density at radius 2 is 1.39 bits per heavy atom. The second kappa shape index (κ2) is 4.38. The number of ether oxygens (including phenoxy) is 1. The molecule has 5 aliphatic rings. The fourth-order valence-corrected chi connectivity index (χ4v) is 6.21. The Kier molecular flexibility index (Phi) is 2.93. The van der Waals surface area contributed by atoms with Gasteiger partial charge in [0.05, 0.1) is 6.10 Å². The minimum Gasteiger partial charge on any atom is -0.359 e. The highest BCUT2D eigenvalue weighted by Gasteiger charge is 2.54. The van der Waals surface area contributed by atoms with Gasteiger partial charge in [0.25, 0.3) is 0 Å². The van der Waals surface area contributed by atoms with Gasteiger partial charge in [-0.3, -0.25) is 0 Å². The van der Waals surface area contributed by atoms with E-state index >= 15 is 0 Å². The second-order valence-corrected chi connectivity index (χ2v) is 8.03. The van der Waals surface area contributed by atoms with Gasteiger partial charge in [-0.25, -0.2) is 0 Å². The zero-order chi connectivity index (χ0) is 12.2. The van der Waals surface area contributed by atoms with Gasteiger partial charge in [-0.15, -0.1) is 0 Å². The molecule has 0 heterocycles. The monoisotopic (exact) mass is 268 g/mol. The lowest BCUT2D eigenvalue weighted by atomic mass is 9.50. The average molecular weight is 269 g/mol. The van der Waals surface area contributed by atoms with Gasteiger partial charge in [0.2, 0.25) is 0 Å².